The van der Waals surface area contributed by atoms with Gasteiger partial charge in [-0.2, -0.15) is 0 Å². The van der Waals surface area contributed by atoms with Crippen LogP contribution < -0.4 is 10.3 Å². The Kier molecular flexibility index (Phi) is 7.26. The molecule has 4 rings (SSSR count). The van der Waals surface area contributed by atoms with Gasteiger partial charge in [0.15, 0.2) is 6.61 Å². The highest BCUT2D eigenvalue weighted by Gasteiger charge is 2.19. The lowest BCUT2D eigenvalue weighted by Crippen LogP contribution is -2.34. The summed E-state index contributed by atoms with van der Waals surface area (Å²) in [6.45, 7) is 1.16. The predicted molar refractivity (Wildman–Crippen MR) is 134 cm³/mol. The van der Waals surface area contributed by atoms with E-state index in [9.17, 15) is 14.4 Å². The van der Waals surface area contributed by atoms with Crippen molar-refractivity contribution in [1.29, 1.82) is 0 Å². The molecule has 1 atom stereocenters. The number of rotatable bonds is 8. The monoisotopic (exact) mass is 491 g/mol. The predicted octanol–water partition coefficient (Wildman–Crippen LogP) is 3.90. The maximum absolute atomic E-state index is 12.9. The zero-order valence-electron chi connectivity index (χ0n) is 19.6. The Labute approximate surface area is 206 Å². The summed E-state index contributed by atoms with van der Waals surface area (Å²) in [5.41, 5.74) is 2.14. The van der Waals surface area contributed by atoms with Gasteiger partial charge in [0.05, 0.1) is 25.0 Å². The number of amides is 1. The van der Waals surface area contributed by atoms with Crippen LogP contribution in [0.25, 0.3) is 20.7 Å². The molecule has 0 bridgehead atoms. The number of nitrogens with zero attached hydrogens (tertiary/aromatic N) is 3. The Morgan fingerprint density at radius 3 is 2.51 bits per heavy atom. The van der Waals surface area contributed by atoms with Crippen molar-refractivity contribution < 1.29 is 19.1 Å². The molecule has 0 spiro atoms. The Balaban J connectivity index is 1.40. The molecule has 8 nitrogen and oxygen atoms in total. The van der Waals surface area contributed by atoms with Crippen molar-refractivity contribution in [2.24, 2.45) is 0 Å². The van der Waals surface area contributed by atoms with E-state index in [0.29, 0.717) is 10.2 Å². The van der Waals surface area contributed by atoms with E-state index in [-0.39, 0.29) is 24.1 Å². The third kappa shape index (κ3) is 5.41. The van der Waals surface area contributed by atoms with Crippen LogP contribution in [0.1, 0.15) is 18.5 Å². The zero-order valence-corrected chi connectivity index (χ0v) is 20.5. The number of benzene rings is 2. The summed E-state index contributed by atoms with van der Waals surface area (Å²) >= 11 is 1.31. The van der Waals surface area contributed by atoms with Crippen molar-refractivity contribution in [3.63, 3.8) is 0 Å². The quantitative estimate of drug-likeness (QED) is 0.347. The van der Waals surface area contributed by atoms with Gasteiger partial charge in [-0.25, -0.2) is 4.98 Å². The van der Waals surface area contributed by atoms with Gasteiger partial charge in [-0.05, 0) is 48.4 Å². The smallest absolute Gasteiger partial charge is 0.326 e. The Morgan fingerprint density at radius 1 is 1.11 bits per heavy atom. The molecule has 1 amide bonds. The van der Waals surface area contributed by atoms with Gasteiger partial charge >= 0.3 is 5.97 Å². The van der Waals surface area contributed by atoms with Crippen LogP contribution in [0.5, 0.6) is 5.75 Å². The molecule has 0 aliphatic heterocycles. The SMILES string of the molecule is COc1ccc(-c2cc3ncn(CC(=O)OCC(=O)N(C)C(C)c4ccccc4)c(=O)c3s2)cc1. The number of carbonyl (C=O) groups is 2. The molecule has 2 aromatic heterocycles. The van der Waals surface area contributed by atoms with Gasteiger partial charge in [0, 0.05) is 11.9 Å². The number of hydrogen-bond acceptors (Lipinski definition) is 7. The molecule has 2 heterocycles. The molecular weight excluding hydrogens is 466 g/mol. The van der Waals surface area contributed by atoms with Crippen molar-refractivity contribution in [1.82, 2.24) is 14.5 Å². The van der Waals surface area contributed by atoms with E-state index in [0.717, 1.165) is 21.8 Å². The molecule has 35 heavy (non-hydrogen) atoms. The van der Waals surface area contributed by atoms with Gasteiger partial charge in [-0.1, -0.05) is 30.3 Å². The number of ether oxygens (including phenoxy) is 2. The van der Waals surface area contributed by atoms with Crippen LogP contribution in [-0.4, -0.2) is 47.1 Å². The van der Waals surface area contributed by atoms with Crippen LogP contribution in [-0.2, 0) is 20.9 Å². The minimum atomic E-state index is -0.686. The van der Waals surface area contributed by atoms with E-state index in [1.165, 1.54) is 27.1 Å². The minimum Gasteiger partial charge on any atom is -0.497 e. The van der Waals surface area contributed by atoms with Crippen LogP contribution >= 0.6 is 11.3 Å². The number of aromatic nitrogens is 2. The molecule has 0 radical (unpaired) electrons. The number of esters is 1. The van der Waals surface area contributed by atoms with Gasteiger partial charge in [-0.3, -0.25) is 19.0 Å². The van der Waals surface area contributed by atoms with Crippen molar-refractivity contribution >= 4 is 33.4 Å². The molecule has 4 aromatic rings. The number of thiophene rings is 1. The first-order chi connectivity index (χ1) is 16.9. The standard InChI is InChI=1S/C26H25N3O5S/c1-17(18-7-5-4-6-8-18)28(2)23(30)15-34-24(31)14-29-16-27-21-13-22(35-25(21)26(29)32)19-9-11-20(33-3)12-10-19/h4-13,16-17H,14-15H2,1-3H3. The van der Waals surface area contributed by atoms with Gasteiger partial charge in [0.1, 0.15) is 17.0 Å². The Bertz CT molecular complexity index is 1400. The lowest BCUT2D eigenvalue weighted by Gasteiger charge is -2.25. The number of likely N-dealkylation sites (N-methyl/N-ethyl adjacent to an activating group) is 1. The van der Waals surface area contributed by atoms with E-state index in [1.807, 2.05) is 67.6 Å². The van der Waals surface area contributed by atoms with Gasteiger partial charge < -0.3 is 14.4 Å². The van der Waals surface area contributed by atoms with Crippen molar-refractivity contribution in [3.8, 4) is 16.2 Å². The molecule has 0 aliphatic rings. The summed E-state index contributed by atoms with van der Waals surface area (Å²) in [7, 11) is 3.26. The summed E-state index contributed by atoms with van der Waals surface area (Å²) in [6.07, 6.45) is 1.32. The second-order valence-corrected chi connectivity index (χ2v) is 9.04. The summed E-state index contributed by atoms with van der Waals surface area (Å²) in [5.74, 6) is -0.277. The maximum Gasteiger partial charge on any atom is 0.326 e. The van der Waals surface area contributed by atoms with Crippen LogP contribution in [0.2, 0.25) is 0 Å². The van der Waals surface area contributed by atoms with Crippen molar-refractivity contribution in [3.05, 3.63) is 82.9 Å². The molecule has 0 aliphatic carbocycles. The number of hydrogen-bond donors (Lipinski definition) is 0. The average Bonchev–Trinajstić information content (AvgIpc) is 3.34. The molecule has 2 aromatic carbocycles. The van der Waals surface area contributed by atoms with Crippen LogP contribution in [0.15, 0.2) is 71.8 Å². The van der Waals surface area contributed by atoms with E-state index in [2.05, 4.69) is 4.98 Å². The fourth-order valence-electron chi connectivity index (χ4n) is 3.56. The van der Waals surface area contributed by atoms with Crippen LogP contribution in [0, 0.1) is 0 Å². The first-order valence-electron chi connectivity index (χ1n) is 11.0. The number of carbonyl (C=O) groups excluding carboxylic acids is 2. The topological polar surface area (TPSA) is 90.7 Å². The molecule has 9 heteroatoms. The van der Waals surface area contributed by atoms with Gasteiger partial charge in [-0.15, -0.1) is 11.3 Å². The second-order valence-electron chi connectivity index (χ2n) is 7.98. The van der Waals surface area contributed by atoms with Crippen molar-refractivity contribution in [2.45, 2.75) is 19.5 Å². The summed E-state index contributed by atoms with van der Waals surface area (Å²) < 4.78 is 12.0. The molecule has 0 N–H and O–H groups in total. The molecule has 0 fully saturated rings. The highest BCUT2D eigenvalue weighted by molar-refractivity contribution is 7.22. The molecule has 1 unspecified atom stereocenters. The third-order valence-electron chi connectivity index (χ3n) is 5.79. The molecular formula is C26H25N3O5S. The van der Waals surface area contributed by atoms with Crippen LogP contribution in [0.4, 0.5) is 0 Å². The fourth-order valence-corrected chi connectivity index (χ4v) is 4.62. The van der Waals surface area contributed by atoms with Gasteiger partial charge in [0.2, 0.25) is 0 Å². The first-order valence-corrected chi connectivity index (χ1v) is 11.8. The van der Waals surface area contributed by atoms with Crippen LogP contribution in [0.3, 0.4) is 0 Å². The van der Waals surface area contributed by atoms with Gasteiger partial charge in [0.25, 0.3) is 11.5 Å². The first kappa shape index (κ1) is 24.2. The lowest BCUT2D eigenvalue weighted by atomic mass is 10.1. The highest BCUT2D eigenvalue weighted by Crippen LogP contribution is 2.31. The highest BCUT2D eigenvalue weighted by atomic mass is 32.1. The minimum absolute atomic E-state index is 0.171. The zero-order chi connectivity index (χ0) is 24.9. The number of methoxy groups -OCH3 is 1. The Hall–Kier alpha value is -3.98. The molecule has 180 valence electrons. The molecule has 0 saturated carbocycles. The van der Waals surface area contributed by atoms with E-state index in [4.69, 9.17) is 9.47 Å². The van der Waals surface area contributed by atoms with E-state index >= 15 is 0 Å². The summed E-state index contributed by atoms with van der Waals surface area (Å²) in [4.78, 5) is 44.5. The maximum atomic E-state index is 12.9. The second kappa shape index (κ2) is 10.5. The fraction of sp³-hybridized carbons (Fsp3) is 0.231. The molecule has 0 saturated heterocycles. The van der Waals surface area contributed by atoms with E-state index < -0.39 is 12.6 Å². The average molecular weight is 492 g/mol. The normalized spacial score (nSPS) is 11.7. The van der Waals surface area contributed by atoms with Crippen molar-refractivity contribution in [2.75, 3.05) is 20.8 Å². The summed E-state index contributed by atoms with van der Waals surface area (Å²) in [6, 6.07) is 18.8. The largest absolute Gasteiger partial charge is 0.497 e. The van der Waals surface area contributed by atoms with E-state index in [1.54, 1.807) is 14.2 Å². The lowest BCUT2D eigenvalue weighted by molar-refractivity contribution is -0.152. The Morgan fingerprint density at radius 2 is 1.83 bits per heavy atom. The third-order valence-corrected chi connectivity index (χ3v) is 6.95. The number of fused-ring (bicyclic) bond motifs is 1. The summed E-state index contributed by atoms with van der Waals surface area (Å²) in [5, 5.41) is 0.